The van der Waals surface area contributed by atoms with Crippen molar-refractivity contribution < 1.29 is 4.79 Å². The zero-order valence-corrected chi connectivity index (χ0v) is 12.5. The van der Waals surface area contributed by atoms with Crippen LogP contribution >= 0.6 is 11.6 Å². The van der Waals surface area contributed by atoms with Crippen LogP contribution in [-0.4, -0.2) is 25.5 Å². The molecule has 1 aliphatic heterocycles. The minimum absolute atomic E-state index is 0.0293. The second-order valence-electron chi connectivity index (χ2n) is 4.98. The van der Waals surface area contributed by atoms with Crippen molar-refractivity contribution in [3.63, 3.8) is 0 Å². The maximum atomic E-state index is 11.8. The lowest BCUT2D eigenvalue weighted by Crippen LogP contribution is -2.30. The minimum Gasteiger partial charge on any atom is -0.368 e. The van der Waals surface area contributed by atoms with Crippen LogP contribution in [0.1, 0.15) is 32.4 Å². The Bertz CT molecular complexity index is 502. The molecule has 1 atom stereocenters. The monoisotopic (exact) mass is 281 g/mol. The van der Waals surface area contributed by atoms with Crippen LogP contribution in [0.15, 0.2) is 12.1 Å². The highest BCUT2D eigenvalue weighted by Gasteiger charge is 2.30. The number of likely N-dealkylation sites (N-methyl/N-ethyl adjacent to an activating group) is 1. The molecular weight excluding hydrogens is 262 g/mol. The van der Waals surface area contributed by atoms with Crippen LogP contribution in [0, 0.1) is 0 Å². The first kappa shape index (κ1) is 14.2. The Morgan fingerprint density at radius 2 is 2.16 bits per heavy atom. The van der Waals surface area contributed by atoms with Gasteiger partial charge in [-0.2, -0.15) is 0 Å². The lowest BCUT2D eigenvalue weighted by molar-refractivity contribution is -0.117. The SMILES string of the molecule is CCN(c1cc2c(cc1Cl)C(NC)C(=O)N2)C(C)C. The summed E-state index contributed by atoms with van der Waals surface area (Å²) < 4.78 is 0. The molecule has 0 fully saturated rings. The van der Waals surface area contributed by atoms with Gasteiger partial charge >= 0.3 is 0 Å². The summed E-state index contributed by atoms with van der Waals surface area (Å²) in [6.07, 6.45) is 0. The number of hydrogen-bond acceptors (Lipinski definition) is 3. The van der Waals surface area contributed by atoms with Crippen molar-refractivity contribution >= 4 is 28.9 Å². The van der Waals surface area contributed by atoms with E-state index in [0.29, 0.717) is 11.1 Å². The average molecular weight is 282 g/mol. The molecular formula is C14H20ClN3O. The van der Waals surface area contributed by atoms with Crippen molar-refractivity contribution in [1.82, 2.24) is 5.32 Å². The van der Waals surface area contributed by atoms with Gasteiger partial charge in [-0.15, -0.1) is 0 Å². The second kappa shape index (κ2) is 5.39. The molecule has 0 spiro atoms. The molecule has 2 N–H and O–H groups in total. The topological polar surface area (TPSA) is 44.4 Å². The van der Waals surface area contributed by atoms with E-state index in [1.54, 1.807) is 7.05 Å². The summed E-state index contributed by atoms with van der Waals surface area (Å²) in [6, 6.07) is 3.90. The molecule has 0 saturated heterocycles. The van der Waals surface area contributed by atoms with E-state index in [-0.39, 0.29) is 11.9 Å². The maximum absolute atomic E-state index is 11.8. The number of fused-ring (bicyclic) bond motifs is 1. The molecule has 1 aliphatic rings. The first-order valence-corrected chi connectivity index (χ1v) is 6.95. The molecule has 0 saturated carbocycles. The molecule has 0 aromatic heterocycles. The Morgan fingerprint density at radius 3 is 2.68 bits per heavy atom. The first-order chi connectivity index (χ1) is 8.99. The highest BCUT2D eigenvalue weighted by atomic mass is 35.5. The summed E-state index contributed by atoms with van der Waals surface area (Å²) in [7, 11) is 1.77. The molecule has 0 aliphatic carbocycles. The standard InChI is InChI=1S/C14H20ClN3O/c1-5-18(8(2)3)12-7-11-9(6-10(12)15)13(16-4)14(19)17-11/h6-8,13,16H,5H2,1-4H3,(H,17,19). The van der Waals surface area contributed by atoms with Gasteiger partial charge in [-0.05, 0) is 40.0 Å². The summed E-state index contributed by atoms with van der Waals surface area (Å²) in [5, 5.41) is 6.58. The van der Waals surface area contributed by atoms with Crippen LogP contribution < -0.4 is 15.5 Å². The van der Waals surface area contributed by atoms with Gasteiger partial charge < -0.3 is 15.5 Å². The van der Waals surface area contributed by atoms with E-state index in [2.05, 4.69) is 36.3 Å². The first-order valence-electron chi connectivity index (χ1n) is 6.57. The summed E-state index contributed by atoms with van der Waals surface area (Å²) in [5.41, 5.74) is 2.74. The predicted octanol–water partition coefficient (Wildman–Crippen LogP) is 2.79. The molecule has 1 aromatic rings. The maximum Gasteiger partial charge on any atom is 0.246 e. The van der Waals surface area contributed by atoms with Gasteiger partial charge in [-0.3, -0.25) is 4.79 Å². The van der Waals surface area contributed by atoms with Crippen molar-refractivity contribution in [3.05, 3.63) is 22.7 Å². The van der Waals surface area contributed by atoms with Crippen molar-refractivity contribution in [2.24, 2.45) is 0 Å². The quantitative estimate of drug-likeness (QED) is 0.892. The van der Waals surface area contributed by atoms with Gasteiger partial charge in [-0.1, -0.05) is 11.6 Å². The molecule has 1 amide bonds. The van der Waals surface area contributed by atoms with E-state index in [0.717, 1.165) is 23.5 Å². The minimum atomic E-state index is -0.310. The lowest BCUT2D eigenvalue weighted by Gasteiger charge is -2.29. The molecule has 1 unspecified atom stereocenters. The highest BCUT2D eigenvalue weighted by Crippen LogP contribution is 2.39. The van der Waals surface area contributed by atoms with Crippen molar-refractivity contribution in [3.8, 4) is 0 Å². The Morgan fingerprint density at radius 1 is 1.47 bits per heavy atom. The van der Waals surface area contributed by atoms with E-state index < -0.39 is 0 Å². The van der Waals surface area contributed by atoms with Gasteiger partial charge in [0.15, 0.2) is 0 Å². The second-order valence-corrected chi connectivity index (χ2v) is 5.39. The molecule has 1 heterocycles. The van der Waals surface area contributed by atoms with Crippen LogP contribution in [0.5, 0.6) is 0 Å². The summed E-state index contributed by atoms with van der Waals surface area (Å²) in [6.45, 7) is 7.22. The molecule has 4 nitrogen and oxygen atoms in total. The number of anilines is 2. The number of halogens is 1. The number of amides is 1. The third-order valence-electron chi connectivity index (χ3n) is 3.51. The number of rotatable bonds is 4. The normalized spacial score (nSPS) is 17.6. The van der Waals surface area contributed by atoms with E-state index in [1.165, 1.54) is 0 Å². The van der Waals surface area contributed by atoms with Crippen LogP contribution in [-0.2, 0) is 4.79 Å². The van der Waals surface area contributed by atoms with E-state index in [9.17, 15) is 4.79 Å². The van der Waals surface area contributed by atoms with Crippen LogP contribution in [0.25, 0.3) is 0 Å². The molecule has 0 radical (unpaired) electrons. The number of carbonyl (C=O) groups is 1. The fourth-order valence-electron chi connectivity index (χ4n) is 2.59. The molecule has 104 valence electrons. The van der Waals surface area contributed by atoms with Crippen LogP contribution in [0.2, 0.25) is 5.02 Å². The summed E-state index contributed by atoms with van der Waals surface area (Å²) in [4.78, 5) is 14.0. The zero-order valence-electron chi connectivity index (χ0n) is 11.7. The van der Waals surface area contributed by atoms with Gasteiger partial charge in [0, 0.05) is 23.8 Å². The third-order valence-corrected chi connectivity index (χ3v) is 3.81. The van der Waals surface area contributed by atoms with Gasteiger partial charge in [0.2, 0.25) is 5.91 Å². The number of nitrogens with one attached hydrogen (secondary N) is 2. The number of carbonyl (C=O) groups excluding carboxylic acids is 1. The Balaban J connectivity index is 2.46. The number of hydrogen-bond donors (Lipinski definition) is 2. The van der Waals surface area contributed by atoms with Gasteiger partial charge in [0.25, 0.3) is 0 Å². The summed E-state index contributed by atoms with van der Waals surface area (Å²) in [5.74, 6) is -0.0293. The largest absolute Gasteiger partial charge is 0.368 e. The van der Waals surface area contributed by atoms with Gasteiger partial charge in [-0.25, -0.2) is 0 Å². The van der Waals surface area contributed by atoms with E-state index in [4.69, 9.17) is 11.6 Å². The highest BCUT2D eigenvalue weighted by molar-refractivity contribution is 6.33. The fraction of sp³-hybridized carbons (Fsp3) is 0.500. The van der Waals surface area contributed by atoms with Gasteiger partial charge in [0.1, 0.15) is 6.04 Å². The van der Waals surface area contributed by atoms with E-state index in [1.807, 2.05) is 12.1 Å². The third kappa shape index (κ3) is 2.42. The Kier molecular flexibility index (Phi) is 4.02. The average Bonchev–Trinajstić information content (AvgIpc) is 2.64. The fourth-order valence-corrected chi connectivity index (χ4v) is 2.87. The molecule has 0 bridgehead atoms. The predicted molar refractivity (Wildman–Crippen MR) is 80.0 cm³/mol. The Labute approximate surface area is 119 Å². The lowest BCUT2D eigenvalue weighted by atomic mass is 10.1. The molecule has 19 heavy (non-hydrogen) atoms. The van der Waals surface area contributed by atoms with Crippen molar-refractivity contribution in [2.45, 2.75) is 32.9 Å². The smallest absolute Gasteiger partial charge is 0.246 e. The molecule has 5 heteroatoms. The van der Waals surface area contributed by atoms with Gasteiger partial charge in [0.05, 0.1) is 10.7 Å². The zero-order chi connectivity index (χ0) is 14.2. The van der Waals surface area contributed by atoms with E-state index >= 15 is 0 Å². The van der Waals surface area contributed by atoms with Crippen LogP contribution in [0.4, 0.5) is 11.4 Å². The molecule has 2 rings (SSSR count). The van der Waals surface area contributed by atoms with Crippen LogP contribution in [0.3, 0.4) is 0 Å². The molecule has 1 aromatic carbocycles. The van der Waals surface area contributed by atoms with Crippen molar-refractivity contribution in [2.75, 3.05) is 23.8 Å². The number of benzene rings is 1. The number of nitrogens with zero attached hydrogens (tertiary/aromatic N) is 1. The van der Waals surface area contributed by atoms with Crippen molar-refractivity contribution in [1.29, 1.82) is 0 Å². The Hall–Kier alpha value is -1.26. The summed E-state index contributed by atoms with van der Waals surface area (Å²) >= 11 is 6.39.